The molecule has 1 N–H and O–H groups in total. The Kier molecular flexibility index (Phi) is 5.20. The number of likely N-dealkylation sites (N-methyl/N-ethyl adjacent to an activating group) is 1. The second-order valence-electron chi connectivity index (χ2n) is 6.43. The van der Waals surface area contributed by atoms with Crippen molar-refractivity contribution in [3.63, 3.8) is 0 Å². The van der Waals surface area contributed by atoms with E-state index < -0.39 is 0 Å². The predicted molar refractivity (Wildman–Crippen MR) is 100 cm³/mol. The quantitative estimate of drug-likeness (QED) is 0.844. The summed E-state index contributed by atoms with van der Waals surface area (Å²) in [6, 6.07) is 2.19. The number of fused-ring (bicyclic) bond motifs is 1. The first kappa shape index (κ1) is 17.4. The van der Waals surface area contributed by atoms with Gasteiger partial charge in [-0.05, 0) is 37.5 Å². The summed E-state index contributed by atoms with van der Waals surface area (Å²) in [6.45, 7) is 2.06. The van der Waals surface area contributed by atoms with Gasteiger partial charge in [0.15, 0.2) is 4.77 Å². The molecule has 0 aliphatic heterocycles. The van der Waals surface area contributed by atoms with Gasteiger partial charge in [0.2, 0.25) is 5.91 Å². The molecule has 0 aromatic carbocycles. The van der Waals surface area contributed by atoms with Gasteiger partial charge in [0.25, 0.3) is 5.56 Å². The summed E-state index contributed by atoms with van der Waals surface area (Å²) in [5, 5.41) is 0.624. The third-order valence-electron chi connectivity index (χ3n) is 4.88. The number of hydrogen-bond acceptors (Lipinski definition) is 4. The maximum Gasteiger partial charge on any atom is 0.263 e. The van der Waals surface area contributed by atoms with Crippen molar-refractivity contribution < 1.29 is 4.79 Å². The summed E-state index contributed by atoms with van der Waals surface area (Å²) in [5.41, 5.74) is -0.171. The lowest BCUT2D eigenvalue weighted by Gasteiger charge is -2.31. The molecule has 1 fully saturated rings. The topological polar surface area (TPSA) is 58.1 Å². The standard InChI is InChI=1S/C17H23N3O2S2/c1-3-12-9-13-15(24-12)18-17(23)20(16(13)22)10-14(21)19(2)11-7-5-4-6-8-11/h9,11H,3-8,10H2,1-2H3,(H,18,23). The predicted octanol–water partition coefficient (Wildman–Crippen LogP) is 3.47. The molecular weight excluding hydrogens is 342 g/mol. The van der Waals surface area contributed by atoms with Crippen LogP contribution in [0, 0.1) is 4.77 Å². The second kappa shape index (κ2) is 7.19. The molecule has 3 rings (SSSR count). The van der Waals surface area contributed by atoms with Gasteiger partial charge in [-0.15, -0.1) is 11.3 Å². The number of thiophene rings is 1. The Morgan fingerprint density at radius 3 is 2.79 bits per heavy atom. The van der Waals surface area contributed by atoms with Gasteiger partial charge in [0, 0.05) is 18.0 Å². The molecule has 2 heterocycles. The first-order valence-electron chi connectivity index (χ1n) is 8.52. The fourth-order valence-electron chi connectivity index (χ4n) is 3.33. The van der Waals surface area contributed by atoms with Crippen molar-refractivity contribution >= 4 is 39.7 Å². The summed E-state index contributed by atoms with van der Waals surface area (Å²) in [4.78, 5) is 32.2. The molecule has 0 radical (unpaired) electrons. The van der Waals surface area contributed by atoms with Crippen molar-refractivity contribution in [3.05, 3.63) is 26.1 Å². The van der Waals surface area contributed by atoms with Crippen LogP contribution in [0.25, 0.3) is 10.2 Å². The van der Waals surface area contributed by atoms with Crippen LogP contribution in [0.2, 0.25) is 0 Å². The smallest absolute Gasteiger partial charge is 0.263 e. The van der Waals surface area contributed by atoms with Crippen molar-refractivity contribution in [1.82, 2.24) is 14.5 Å². The Balaban J connectivity index is 1.87. The van der Waals surface area contributed by atoms with Gasteiger partial charge in [-0.3, -0.25) is 14.2 Å². The number of carbonyl (C=O) groups excluding carboxylic acids is 1. The van der Waals surface area contributed by atoms with Crippen LogP contribution in [0.5, 0.6) is 0 Å². The van der Waals surface area contributed by atoms with Crippen LogP contribution in [0.4, 0.5) is 0 Å². The van der Waals surface area contributed by atoms with Gasteiger partial charge in [-0.1, -0.05) is 26.2 Å². The highest BCUT2D eigenvalue weighted by atomic mass is 32.1. The number of H-pyrrole nitrogens is 1. The minimum atomic E-state index is -0.171. The maximum absolute atomic E-state index is 12.7. The summed E-state index contributed by atoms with van der Waals surface area (Å²) >= 11 is 6.87. The molecule has 0 atom stereocenters. The molecule has 24 heavy (non-hydrogen) atoms. The number of nitrogens with zero attached hydrogens (tertiary/aromatic N) is 2. The highest BCUT2D eigenvalue weighted by Crippen LogP contribution is 2.23. The average Bonchev–Trinajstić information content (AvgIpc) is 3.01. The number of rotatable bonds is 4. The molecule has 1 aliphatic rings. The molecule has 0 spiro atoms. The highest BCUT2D eigenvalue weighted by Gasteiger charge is 2.23. The summed E-state index contributed by atoms with van der Waals surface area (Å²) < 4.78 is 1.72. The van der Waals surface area contributed by atoms with Crippen LogP contribution >= 0.6 is 23.6 Å². The number of aryl methyl sites for hydroxylation is 1. The number of aromatic nitrogens is 2. The zero-order chi connectivity index (χ0) is 17.3. The molecule has 0 unspecified atom stereocenters. The maximum atomic E-state index is 12.7. The molecule has 2 aromatic rings. The number of amides is 1. The van der Waals surface area contributed by atoms with E-state index >= 15 is 0 Å². The van der Waals surface area contributed by atoms with E-state index in [0.717, 1.165) is 29.0 Å². The average molecular weight is 366 g/mol. The van der Waals surface area contributed by atoms with Crippen molar-refractivity contribution in [2.24, 2.45) is 0 Å². The van der Waals surface area contributed by atoms with Gasteiger partial charge in [0.1, 0.15) is 11.4 Å². The van der Waals surface area contributed by atoms with E-state index in [-0.39, 0.29) is 24.1 Å². The number of nitrogens with one attached hydrogen (secondary N) is 1. The number of carbonyl (C=O) groups is 1. The molecule has 7 heteroatoms. The third-order valence-corrected chi connectivity index (χ3v) is 6.40. The lowest BCUT2D eigenvalue weighted by molar-refractivity contribution is -0.133. The molecule has 0 saturated heterocycles. The Morgan fingerprint density at radius 2 is 2.12 bits per heavy atom. The van der Waals surface area contributed by atoms with E-state index in [0.29, 0.717) is 10.2 Å². The second-order valence-corrected chi connectivity index (χ2v) is 7.95. The van der Waals surface area contributed by atoms with Gasteiger partial charge in [0.05, 0.1) is 5.39 Å². The largest absolute Gasteiger partial charge is 0.341 e. The van der Waals surface area contributed by atoms with Crippen molar-refractivity contribution in [1.29, 1.82) is 0 Å². The fraction of sp³-hybridized carbons (Fsp3) is 0.588. The Hall–Kier alpha value is -1.47. The van der Waals surface area contributed by atoms with Gasteiger partial charge < -0.3 is 9.88 Å². The normalized spacial score (nSPS) is 15.8. The summed E-state index contributed by atoms with van der Waals surface area (Å²) in [5.74, 6) is -0.0474. The van der Waals surface area contributed by atoms with E-state index in [1.54, 1.807) is 16.2 Å². The number of hydrogen-bond donors (Lipinski definition) is 1. The van der Waals surface area contributed by atoms with Crippen LogP contribution in [0.3, 0.4) is 0 Å². The molecule has 1 aliphatic carbocycles. The molecule has 2 aromatic heterocycles. The molecule has 1 saturated carbocycles. The van der Waals surface area contributed by atoms with Crippen LogP contribution in [-0.4, -0.2) is 33.4 Å². The van der Waals surface area contributed by atoms with Crippen LogP contribution < -0.4 is 5.56 Å². The molecule has 0 bridgehead atoms. The fourth-order valence-corrected chi connectivity index (χ4v) is 4.63. The van der Waals surface area contributed by atoms with Gasteiger partial charge in [-0.2, -0.15) is 0 Å². The first-order chi connectivity index (χ1) is 11.5. The van der Waals surface area contributed by atoms with Crippen molar-refractivity contribution in [2.75, 3.05) is 7.05 Å². The molecular formula is C17H23N3O2S2. The monoisotopic (exact) mass is 365 g/mol. The summed E-state index contributed by atoms with van der Waals surface area (Å²) in [6.07, 6.45) is 6.56. The Labute approximate surface area is 150 Å². The zero-order valence-corrected chi connectivity index (χ0v) is 15.8. The highest BCUT2D eigenvalue weighted by molar-refractivity contribution is 7.71. The Bertz CT molecular complexity index is 859. The van der Waals surface area contributed by atoms with E-state index in [4.69, 9.17) is 12.2 Å². The van der Waals surface area contributed by atoms with E-state index in [9.17, 15) is 9.59 Å². The van der Waals surface area contributed by atoms with Crippen LogP contribution in [-0.2, 0) is 17.8 Å². The molecule has 130 valence electrons. The van der Waals surface area contributed by atoms with E-state index in [1.165, 1.54) is 23.8 Å². The first-order valence-corrected chi connectivity index (χ1v) is 9.75. The van der Waals surface area contributed by atoms with E-state index in [1.807, 2.05) is 13.1 Å². The SMILES string of the molecule is CCc1cc2c(=O)n(CC(=O)N(C)C3CCCCC3)c(=S)[nH]c2s1. The lowest BCUT2D eigenvalue weighted by atomic mass is 9.94. The molecule has 1 amide bonds. The van der Waals surface area contributed by atoms with Gasteiger partial charge in [-0.25, -0.2) is 0 Å². The van der Waals surface area contributed by atoms with E-state index in [2.05, 4.69) is 11.9 Å². The molecule has 5 nitrogen and oxygen atoms in total. The van der Waals surface area contributed by atoms with Gasteiger partial charge >= 0.3 is 0 Å². The Morgan fingerprint density at radius 1 is 1.42 bits per heavy atom. The third kappa shape index (κ3) is 3.32. The minimum absolute atomic E-state index is 0.00834. The minimum Gasteiger partial charge on any atom is -0.341 e. The van der Waals surface area contributed by atoms with Crippen LogP contribution in [0.15, 0.2) is 10.9 Å². The van der Waals surface area contributed by atoms with Crippen molar-refractivity contribution in [3.8, 4) is 0 Å². The zero-order valence-electron chi connectivity index (χ0n) is 14.1. The summed E-state index contributed by atoms with van der Waals surface area (Å²) in [7, 11) is 1.84. The lowest BCUT2D eigenvalue weighted by Crippen LogP contribution is -2.41. The van der Waals surface area contributed by atoms with Crippen molar-refractivity contribution in [2.45, 2.75) is 58.0 Å². The van der Waals surface area contributed by atoms with Crippen LogP contribution in [0.1, 0.15) is 43.9 Å². The number of aromatic amines is 1.